The molecule has 0 N–H and O–H groups in total. The molecular weight excluding hydrogens is 276 g/mol. The molecular formula is C14H16N2O3S. The average Bonchev–Trinajstić information content (AvgIpc) is 2.95. The first-order valence-electron chi connectivity index (χ1n) is 6.17. The largest absolute Gasteiger partial charge is 0.497 e. The summed E-state index contributed by atoms with van der Waals surface area (Å²) in [7, 11) is 3.10. The van der Waals surface area contributed by atoms with Gasteiger partial charge in [-0.15, -0.1) is 5.10 Å². The van der Waals surface area contributed by atoms with Crippen LogP contribution in [0, 0.1) is 0 Å². The van der Waals surface area contributed by atoms with Crippen molar-refractivity contribution in [2.45, 2.75) is 19.8 Å². The summed E-state index contributed by atoms with van der Waals surface area (Å²) >= 11 is 1.11. The summed E-state index contributed by atoms with van der Waals surface area (Å²) in [5, 5.41) is 4.03. The van der Waals surface area contributed by atoms with Crippen molar-refractivity contribution in [2.75, 3.05) is 14.2 Å². The summed E-state index contributed by atoms with van der Waals surface area (Å²) in [6.45, 7) is 3.97. The lowest BCUT2D eigenvalue weighted by molar-refractivity contribution is 0.103. The van der Waals surface area contributed by atoms with Crippen molar-refractivity contribution >= 4 is 17.3 Å². The molecule has 0 spiro atoms. The molecule has 0 saturated carbocycles. The highest BCUT2D eigenvalue weighted by Gasteiger charge is 2.23. The Kier molecular flexibility index (Phi) is 4.34. The highest BCUT2D eigenvalue weighted by molar-refractivity contribution is 7.08. The van der Waals surface area contributed by atoms with Crippen LogP contribution in [-0.2, 0) is 0 Å². The third-order valence-corrected chi connectivity index (χ3v) is 3.66. The smallest absolute Gasteiger partial charge is 0.210 e. The van der Waals surface area contributed by atoms with Gasteiger partial charge in [-0.1, -0.05) is 18.3 Å². The second-order valence-electron chi connectivity index (χ2n) is 4.54. The molecule has 0 bridgehead atoms. The first-order chi connectivity index (χ1) is 9.58. The number of aromatic nitrogens is 2. The number of benzene rings is 1. The lowest BCUT2D eigenvalue weighted by Crippen LogP contribution is -2.06. The van der Waals surface area contributed by atoms with Gasteiger partial charge in [0.05, 0.1) is 25.5 Å². The van der Waals surface area contributed by atoms with E-state index in [1.54, 1.807) is 25.3 Å². The van der Waals surface area contributed by atoms with E-state index in [1.165, 1.54) is 7.11 Å². The Bertz CT molecular complexity index is 623. The van der Waals surface area contributed by atoms with Crippen LogP contribution in [-0.4, -0.2) is 29.6 Å². The summed E-state index contributed by atoms with van der Waals surface area (Å²) in [6.07, 6.45) is 0. The van der Waals surface area contributed by atoms with Crippen LogP contribution in [0.1, 0.15) is 40.7 Å². The van der Waals surface area contributed by atoms with Crippen molar-refractivity contribution in [3.8, 4) is 11.5 Å². The molecule has 0 aliphatic heterocycles. The summed E-state index contributed by atoms with van der Waals surface area (Å²) in [5.41, 5.74) is 1.21. The first kappa shape index (κ1) is 14.5. The van der Waals surface area contributed by atoms with Gasteiger partial charge in [0.2, 0.25) is 5.78 Å². The van der Waals surface area contributed by atoms with E-state index in [-0.39, 0.29) is 11.7 Å². The average molecular weight is 292 g/mol. The maximum atomic E-state index is 12.6. The normalized spacial score (nSPS) is 10.7. The number of rotatable bonds is 5. The highest BCUT2D eigenvalue weighted by Crippen LogP contribution is 2.29. The number of methoxy groups -OCH3 is 2. The van der Waals surface area contributed by atoms with Crippen molar-refractivity contribution in [1.29, 1.82) is 0 Å². The van der Waals surface area contributed by atoms with Crippen LogP contribution in [0.5, 0.6) is 11.5 Å². The molecule has 1 aromatic heterocycles. The van der Waals surface area contributed by atoms with Crippen LogP contribution in [0.15, 0.2) is 18.2 Å². The number of ketones is 1. The Morgan fingerprint density at radius 1 is 1.25 bits per heavy atom. The number of hydrogen-bond acceptors (Lipinski definition) is 6. The third kappa shape index (κ3) is 2.65. The quantitative estimate of drug-likeness (QED) is 0.793. The van der Waals surface area contributed by atoms with Gasteiger partial charge in [-0.2, -0.15) is 0 Å². The standard InChI is InChI=1S/C14H16N2O3S/c1-8(2)12-14(20-16-15-12)13(17)10-6-5-9(18-3)7-11(10)19-4/h5-8H,1-4H3. The van der Waals surface area contributed by atoms with Gasteiger partial charge in [-0.05, 0) is 29.6 Å². The Morgan fingerprint density at radius 3 is 2.60 bits per heavy atom. The Labute approximate surface area is 121 Å². The molecule has 1 heterocycles. The molecule has 5 nitrogen and oxygen atoms in total. The molecule has 0 radical (unpaired) electrons. The number of carbonyl (C=O) groups excluding carboxylic acids is 1. The van der Waals surface area contributed by atoms with Crippen molar-refractivity contribution in [3.63, 3.8) is 0 Å². The van der Waals surface area contributed by atoms with E-state index in [1.807, 2.05) is 13.8 Å². The van der Waals surface area contributed by atoms with E-state index in [0.29, 0.717) is 21.9 Å². The molecule has 1 aromatic carbocycles. The van der Waals surface area contributed by atoms with Crippen LogP contribution in [0.25, 0.3) is 0 Å². The minimum absolute atomic E-state index is 0.122. The molecule has 0 atom stereocenters. The van der Waals surface area contributed by atoms with Gasteiger partial charge in [-0.3, -0.25) is 4.79 Å². The zero-order valence-corrected chi connectivity index (χ0v) is 12.7. The fourth-order valence-electron chi connectivity index (χ4n) is 1.84. The molecule has 2 aromatic rings. The van der Waals surface area contributed by atoms with E-state index in [0.717, 1.165) is 17.2 Å². The van der Waals surface area contributed by atoms with Crippen LogP contribution in [0.3, 0.4) is 0 Å². The molecule has 106 valence electrons. The Morgan fingerprint density at radius 2 is 2.00 bits per heavy atom. The molecule has 0 amide bonds. The SMILES string of the molecule is COc1ccc(C(=O)c2snnc2C(C)C)c(OC)c1. The zero-order chi connectivity index (χ0) is 14.7. The van der Waals surface area contributed by atoms with Crippen molar-refractivity contribution in [1.82, 2.24) is 9.59 Å². The Hall–Kier alpha value is -1.95. The van der Waals surface area contributed by atoms with Crippen LogP contribution < -0.4 is 9.47 Å². The van der Waals surface area contributed by atoms with Gasteiger partial charge >= 0.3 is 0 Å². The molecule has 0 aliphatic carbocycles. The third-order valence-electron chi connectivity index (χ3n) is 2.92. The van der Waals surface area contributed by atoms with Gasteiger partial charge < -0.3 is 9.47 Å². The van der Waals surface area contributed by atoms with E-state index in [2.05, 4.69) is 9.59 Å². The number of carbonyl (C=O) groups is 1. The maximum absolute atomic E-state index is 12.6. The monoisotopic (exact) mass is 292 g/mol. The molecule has 0 saturated heterocycles. The van der Waals surface area contributed by atoms with Gasteiger partial charge in [0.25, 0.3) is 0 Å². The van der Waals surface area contributed by atoms with Crippen LogP contribution in [0.4, 0.5) is 0 Å². The van der Waals surface area contributed by atoms with Crippen molar-refractivity contribution in [2.24, 2.45) is 0 Å². The predicted octanol–water partition coefficient (Wildman–Crippen LogP) is 2.91. The lowest BCUT2D eigenvalue weighted by atomic mass is 10.0. The number of nitrogens with zero attached hydrogens (tertiary/aromatic N) is 2. The van der Waals surface area contributed by atoms with Crippen LogP contribution in [0.2, 0.25) is 0 Å². The van der Waals surface area contributed by atoms with E-state index in [9.17, 15) is 4.79 Å². The van der Waals surface area contributed by atoms with Gasteiger partial charge in [-0.25, -0.2) is 0 Å². The summed E-state index contributed by atoms with van der Waals surface area (Å²) in [6, 6.07) is 5.12. The minimum Gasteiger partial charge on any atom is -0.497 e. The molecule has 0 aliphatic rings. The second kappa shape index (κ2) is 6.00. The molecule has 0 unspecified atom stereocenters. The van der Waals surface area contributed by atoms with Crippen molar-refractivity contribution in [3.05, 3.63) is 34.3 Å². The van der Waals surface area contributed by atoms with Crippen LogP contribution >= 0.6 is 11.5 Å². The summed E-state index contributed by atoms with van der Waals surface area (Å²) in [4.78, 5) is 13.2. The molecule has 6 heteroatoms. The second-order valence-corrected chi connectivity index (χ2v) is 5.29. The topological polar surface area (TPSA) is 61.3 Å². The zero-order valence-electron chi connectivity index (χ0n) is 11.8. The first-order valence-corrected chi connectivity index (χ1v) is 6.94. The highest BCUT2D eigenvalue weighted by atomic mass is 32.1. The summed E-state index contributed by atoms with van der Waals surface area (Å²) in [5.74, 6) is 1.16. The fraction of sp³-hybridized carbons (Fsp3) is 0.357. The minimum atomic E-state index is -0.122. The van der Waals surface area contributed by atoms with Gasteiger partial charge in [0.15, 0.2) is 0 Å². The van der Waals surface area contributed by atoms with E-state index < -0.39 is 0 Å². The van der Waals surface area contributed by atoms with Gasteiger partial charge in [0.1, 0.15) is 16.4 Å². The van der Waals surface area contributed by atoms with E-state index in [4.69, 9.17) is 9.47 Å². The molecule has 2 rings (SSSR count). The van der Waals surface area contributed by atoms with E-state index >= 15 is 0 Å². The number of ether oxygens (including phenoxy) is 2. The summed E-state index contributed by atoms with van der Waals surface area (Å²) < 4.78 is 14.3. The Balaban J connectivity index is 2.45. The number of hydrogen-bond donors (Lipinski definition) is 0. The molecule has 20 heavy (non-hydrogen) atoms. The predicted molar refractivity (Wildman–Crippen MR) is 77.0 cm³/mol. The van der Waals surface area contributed by atoms with Gasteiger partial charge in [0, 0.05) is 6.07 Å². The molecule has 0 fully saturated rings. The fourth-order valence-corrected chi connectivity index (χ4v) is 2.61. The lowest BCUT2D eigenvalue weighted by Gasteiger charge is -2.09. The van der Waals surface area contributed by atoms with Crippen molar-refractivity contribution < 1.29 is 14.3 Å². The maximum Gasteiger partial charge on any atom is 0.210 e.